The minimum Gasteiger partial charge on any atom is -0.207 e. The molecular formula is C11H11ClF2. The van der Waals surface area contributed by atoms with E-state index in [1.165, 1.54) is 12.1 Å². The van der Waals surface area contributed by atoms with Gasteiger partial charge in [-0.1, -0.05) is 6.08 Å². The lowest BCUT2D eigenvalue weighted by Crippen LogP contribution is -1.88. The number of hydrogen-bond donors (Lipinski definition) is 0. The average Bonchev–Trinajstić information content (AvgIpc) is 2.14. The van der Waals surface area contributed by atoms with Gasteiger partial charge in [-0.2, -0.15) is 0 Å². The van der Waals surface area contributed by atoms with Gasteiger partial charge in [0.2, 0.25) is 0 Å². The predicted molar refractivity (Wildman–Crippen MR) is 55.3 cm³/mol. The normalized spacial score (nSPS) is 11.9. The summed E-state index contributed by atoms with van der Waals surface area (Å²) < 4.78 is 25.8. The number of alkyl halides is 1. The molecule has 0 fully saturated rings. The van der Waals surface area contributed by atoms with Gasteiger partial charge >= 0.3 is 0 Å². The fourth-order valence-electron chi connectivity index (χ4n) is 1.19. The van der Waals surface area contributed by atoms with Gasteiger partial charge in [0.25, 0.3) is 0 Å². The van der Waals surface area contributed by atoms with Crippen molar-refractivity contribution in [2.45, 2.75) is 13.3 Å². The lowest BCUT2D eigenvalue weighted by atomic mass is 10.1. The molecule has 0 amide bonds. The number of hydrogen-bond acceptors (Lipinski definition) is 0. The molecule has 0 heterocycles. The third-order valence-electron chi connectivity index (χ3n) is 1.92. The minimum absolute atomic E-state index is 0.427. The number of rotatable bonds is 3. The Bertz CT molecular complexity index is 345. The molecule has 0 saturated carbocycles. The van der Waals surface area contributed by atoms with Crippen LogP contribution >= 0.6 is 11.6 Å². The van der Waals surface area contributed by atoms with Crippen molar-refractivity contribution in [3.8, 4) is 0 Å². The Morgan fingerprint density at radius 1 is 1.43 bits per heavy atom. The van der Waals surface area contributed by atoms with E-state index in [9.17, 15) is 8.78 Å². The average molecular weight is 217 g/mol. The third kappa shape index (κ3) is 2.81. The van der Waals surface area contributed by atoms with Crippen molar-refractivity contribution in [3.05, 3.63) is 41.5 Å². The van der Waals surface area contributed by atoms with Crippen molar-refractivity contribution in [1.82, 2.24) is 0 Å². The summed E-state index contributed by atoms with van der Waals surface area (Å²) in [7, 11) is 0. The first-order chi connectivity index (χ1) is 6.65. The Labute approximate surface area is 87.2 Å². The summed E-state index contributed by atoms with van der Waals surface area (Å²) in [4.78, 5) is 0. The molecule has 0 saturated heterocycles. The highest BCUT2D eigenvalue weighted by molar-refractivity contribution is 6.17. The van der Waals surface area contributed by atoms with Gasteiger partial charge in [-0.25, -0.2) is 8.78 Å². The summed E-state index contributed by atoms with van der Waals surface area (Å²) in [6.45, 7) is 1.78. The topological polar surface area (TPSA) is 0 Å². The molecule has 0 spiro atoms. The second-order valence-electron chi connectivity index (χ2n) is 2.99. The van der Waals surface area contributed by atoms with Gasteiger partial charge in [0, 0.05) is 17.5 Å². The molecule has 76 valence electrons. The maximum atomic E-state index is 13.2. The fraction of sp³-hybridized carbons (Fsp3) is 0.273. The monoisotopic (exact) mass is 216 g/mol. The molecule has 0 radical (unpaired) electrons. The quantitative estimate of drug-likeness (QED) is 0.670. The molecule has 0 atom stereocenters. The first-order valence-electron chi connectivity index (χ1n) is 4.33. The van der Waals surface area contributed by atoms with Crippen LogP contribution in [0.15, 0.2) is 24.3 Å². The molecule has 3 heteroatoms. The maximum Gasteiger partial charge on any atom is 0.133 e. The Morgan fingerprint density at radius 2 is 2.14 bits per heavy atom. The highest BCUT2D eigenvalue weighted by atomic mass is 35.5. The summed E-state index contributed by atoms with van der Waals surface area (Å²) in [5.74, 6) is -0.593. The van der Waals surface area contributed by atoms with Crippen molar-refractivity contribution in [1.29, 1.82) is 0 Å². The van der Waals surface area contributed by atoms with Crippen LogP contribution in [-0.2, 0) is 0 Å². The van der Waals surface area contributed by atoms with E-state index in [0.717, 1.165) is 11.6 Å². The Balaban J connectivity index is 2.95. The molecule has 14 heavy (non-hydrogen) atoms. The zero-order valence-electron chi connectivity index (χ0n) is 7.86. The molecule has 0 N–H and O–H groups in total. The zero-order valence-corrected chi connectivity index (χ0v) is 8.61. The largest absolute Gasteiger partial charge is 0.207 e. The van der Waals surface area contributed by atoms with Crippen molar-refractivity contribution in [2.24, 2.45) is 0 Å². The van der Waals surface area contributed by atoms with E-state index in [2.05, 4.69) is 0 Å². The smallest absolute Gasteiger partial charge is 0.133 e. The van der Waals surface area contributed by atoms with E-state index in [1.807, 2.05) is 6.08 Å². The van der Waals surface area contributed by atoms with E-state index in [-0.39, 0.29) is 0 Å². The third-order valence-corrected chi connectivity index (χ3v) is 2.13. The summed E-state index contributed by atoms with van der Waals surface area (Å²) in [6, 6.07) is 3.56. The Hall–Kier alpha value is -0.890. The summed E-state index contributed by atoms with van der Waals surface area (Å²) in [5.41, 5.74) is 1.21. The van der Waals surface area contributed by atoms with E-state index in [4.69, 9.17) is 11.6 Å². The molecule has 0 unspecified atom stereocenters. The summed E-state index contributed by atoms with van der Waals surface area (Å²) >= 11 is 5.50. The SMILES string of the molecule is C/C(=C/CCCl)c1ccc(F)cc1F. The van der Waals surface area contributed by atoms with Crippen LogP contribution in [0.1, 0.15) is 18.9 Å². The first-order valence-corrected chi connectivity index (χ1v) is 4.86. The van der Waals surface area contributed by atoms with Crippen molar-refractivity contribution in [3.63, 3.8) is 0 Å². The molecule has 0 bridgehead atoms. The standard InChI is InChI=1S/C11H11ClF2/c1-8(3-2-6-12)10-5-4-9(13)7-11(10)14/h3-5,7H,2,6H2,1H3/b8-3-. The van der Waals surface area contributed by atoms with Crippen LogP contribution < -0.4 is 0 Å². The van der Waals surface area contributed by atoms with Crippen LogP contribution in [0, 0.1) is 11.6 Å². The minimum atomic E-state index is -0.559. The highest BCUT2D eigenvalue weighted by Crippen LogP contribution is 2.19. The van der Waals surface area contributed by atoms with Gasteiger partial charge < -0.3 is 0 Å². The van der Waals surface area contributed by atoms with E-state index in [1.54, 1.807) is 6.92 Å². The fourth-order valence-corrected chi connectivity index (χ4v) is 1.30. The van der Waals surface area contributed by atoms with Crippen LogP contribution in [0.25, 0.3) is 5.57 Å². The maximum absolute atomic E-state index is 13.2. The van der Waals surface area contributed by atoms with Crippen LogP contribution in [0.2, 0.25) is 0 Å². The van der Waals surface area contributed by atoms with E-state index < -0.39 is 11.6 Å². The Morgan fingerprint density at radius 3 is 2.71 bits per heavy atom. The molecular weight excluding hydrogens is 206 g/mol. The van der Waals surface area contributed by atoms with Crippen LogP contribution in [0.5, 0.6) is 0 Å². The first kappa shape index (κ1) is 11.2. The predicted octanol–water partition coefficient (Wildman–Crippen LogP) is 4.00. The van der Waals surface area contributed by atoms with Crippen molar-refractivity contribution < 1.29 is 8.78 Å². The van der Waals surface area contributed by atoms with E-state index in [0.29, 0.717) is 17.9 Å². The molecule has 1 rings (SSSR count). The second-order valence-corrected chi connectivity index (χ2v) is 3.37. The summed E-state index contributed by atoms with van der Waals surface area (Å²) in [6.07, 6.45) is 2.52. The molecule has 0 aliphatic heterocycles. The van der Waals surface area contributed by atoms with Gasteiger partial charge in [0.1, 0.15) is 11.6 Å². The van der Waals surface area contributed by atoms with Crippen LogP contribution in [0.3, 0.4) is 0 Å². The highest BCUT2D eigenvalue weighted by Gasteiger charge is 2.04. The molecule has 0 aliphatic rings. The number of halogens is 3. The molecule has 1 aromatic rings. The molecule has 1 aromatic carbocycles. The van der Waals surface area contributed by atoms with Gasteiger partial charge in [-0.3, -0.25) is 0 Å². The molecule has 0 nitrogen and oxygen atoms in total. The molecule has 0 aliphatic carbocycles. The van der Waals surface area contributed by atoms with Crippen LogP contribution in [0.4, 0.5) is 8.78 Å². The van der Waals surface area contributed by atoms with Gasteiger partial charge in [-0.15, -0.1) is 11.6 Å². The van der Waals surface area contributed by atoms with Crippen molar-refractivity contribution >= 4 is 17.2 Å². The van der Waals surface area contributed by atoms with Crippen LogP contribution in [-0.4, -0.2) is 5.88 Å². The number of benzene rings is 1. The van der Waals surface area contributed by atoms with Crippen molar-refractivity contribution in [2.75, 3.05) is 5.88 Å². The zero-order chi connectivity index (χ0) is 10.6. The Kier molecular flexibility index (Phi) is 4.08. The lowest BCUT2D eigenvalue weighted by molar-refractivity contribution is 0.581. The van der Waals surface area contributed by atoms with E-state index >= 15 is 0 Å². The number of allylic oxidation sites excluding steroid dienone is 2. The summed E-state index contributed by atoms with van der Waals surface area (Å²) in [5, 5.41) is 0. The van der Waals surface area contributed by atoms with Gasteiger partial charge in [0.05, 0.1) is 0 Å². The van der Waals surface area contributed by atoms with Gasteiger partial charge in [-0.05, 0) is 31.1 Å². The van der Waals surface area contributed by atoms with Gasteiger partial charge in [0.15, 0.2) is 0 Å². The molecule has 0 aromatic heterocycles. The lowest BCUT2D eigenvalue weighted by Gasteiger charge is -2.03. The second kappa shape index (κ2) is 5.11.